The molecule has 0 saturated carbocycles. The van der Waals surface area contributed by atoms with Crippen LogP contribution in [0.2, 0.25) is 0 Å². The molecular weight excluding hydrogens is 364 g/mol. The highest BCUT2D eigenvalue weighted by Gasteiger charge is 2.20. The lowest BCUT2D eigenvalue weighted by atomic mass is 10.1. The van der Waals surface area contributed by atoms with Crippen LogP contribution < -0.4 is 16.0 Å². The van der Waals surface area contributed by atoms with Crippen LogP contribution in [0.4, 0.5) is 0 Å². The molecule has 156 valence electrons. The monoisotopic (exact) mass is 394 g/mol. The fraction of sp³-hybridized carbons (Fsp3) is 0.579. The molecule has 0 radical (unpaired) electrons. The Morgan fingerprint density at radius 2 is 2.00 bits per heavy atom. The summed E-state index contributed by atoms with van der Waals surface area (Å²) in [5, 5.41) is 17.7. The number of carbonyl (C=O) groups excluding carboxylic acids is 4. The zero-order valence-corrected chi connectivity index (χ0v) is 16.3. The van der Waals surface area contributed by atoms with Gasteiger partial charge in [0.05, 0.1) is 19.1 Å². The molecule has 0 spiro atoms. The number of hydrogen-bond donors (Lipinski definition) is 4. The highest BCUT2D eigenvalue weighted by molar-refractivity contribution is 5.93. The molecule has 0 aromatic carbocycles. The summed E-state index contributed by atoms with van der Waals surface area (Å²) in [6.07, 6.45) is 6.19. The van der Waals surface area contributed by atoms with E-state index in [0.29, 0.717) is 31.4 Å². The van der Waals surface area contributed by atoms with Gasteiger partial charge in [0.25, 0.3) is 5.91 Å². The maximum Gasteiger partial charge on any atom is 0.251 e. The molecule has 2 atom stereocenters. The first kappa shape index (κ1) is 23.5. The van der Waals surface area contributed by atoms with E-state index in [9.17, 15) is 24.3 Å². The number of carbonyl (C=O) groups is 4. The van der Waals surface area contributed by atoms with Crippen LogP contribution >= 0.6 is 0 Å². The highest BCUT2D eigenvalue weighted by atomic mass is 16.3. The zero-order chi connectivity index (χ0) is 20.9. The van der Waals surface area contributed by atoms with Crippen LogP contribution in [-0.4, -0.2) is 65.9 Å². The Hall–Kier alpha value is -2.52. The number of aldehydes is 1. The molecule has 3 amide bonds. The van der Waals surface area contributed by atoms with Gasteiger partial charge in [-0.05, 0) is 31.8 Å². The largest absolute Gasteiger partial charge is 0.379 e. The van der Waals surface area contributed by atoms with Gasteiger partial charge in [-0.2, -0.15) is 0 Å². The maximum absolute atomic E-state index is 12.1. The van der Waals surface area contributed by atoms with E-state index < -0.39 is 18.2 Å². The number of hydrogen-bond acceptors (Lipinski definition) is 6. The third-order valence-electron chi connectivity index (χ3n) is 4.31. The van der Waals surface area contributed by atoms with Crippen LogP contribution in [0.5, 0.6) is 0 Å². The lowest BCUT2D eigenvalue weighted by Gasteiger charge is -2.21. The Labute approximate surface area is 165 Å². The van der Waals surface area contributed by atoms with Crippen molar-refractivity contribution in [1.82, 2.24) is 20.9 Å². The van der Waals surface area contributed by atoms with Crippen LogP contribution in [0.1, 0.15) is 39.0 Å². The number of allylic oxidation sites excluding steroid dienone is 1. The van der Waals surface area contributed by atoms with Crippen LogP contribution in [0.25, 0.3) is 0 Å². The summed E-state index contributed by atoms with van der Waals surface area (Å²) in [5.74, 6) is -0.894. The van der Waals surface area contributed by atoms with Crippen molar-refractivity contribution in [3.05, 3.63) is 24.4 Å². The minimum atomic E-state index is -0.843. The molecule has 1 rings (SSSR count). The van der Waals surface area contributed by atoms with Gasteiger partial charge < -0.3 is 25.4 Å². The fourth-order valence-corrected chi connectivity index (χ4v) is 2.73. The standard InChI is InChI=1S/C19H30N4O5/c1-3-15(19(28)21-13-17(26)20-10-12-24)22-16(25)7-5-4-6-11-23-14(2)8-9-18(23)27/h8-9,12,15-16,22,25H,2-7,10-11,13H2,1H3,(H,20,26)(H,21,28)/t15-,16?/m0/s1. The SMILES string of the molecule is C=C1C=CC(=O)N1CCCCCC(O)N[C@@H](CC)C(=O)NCC(=O)NCC=O. The molecule has 1 aliphatic rings. The zero-order valence-electron chi connectivity index (χ0n) is 16.3. The molecule has 1 heterocycles. The predicted octanol–water partition coefficient (Wildman–Crippen LogP) is -0.423. The average Bonchev–Trinajstić information content (AvgIpc) is 3.00. The molecule has 0 bridgehead atoms. The van der Waals surface area contributed by atoms with Crippen molar-refractivity contribution in [1.29, 1.82) is 0 Å². The van der Waals surface area contributed by atoms with E-state index in [4.69, 9.17) is 0 Å². The smallest absolute Gasteiger partial charge is 0.251 e. The Morgan fingerprint density at radius 3 is 2.61 bits per heavy atom. The topological polar surface area (TPSA) is 128 Å². The maximum atomic E-state index is 12.1. The summed E-state index contributed by atoms with van der Waals surface area (Å²) in [6.45, 7) is 5.87. The lowest BCUT2D eigenvalue weighted by molar-refractivity contribution is -0.128. The summed E-state index contributed by atoms with van der Waals surface area (Å²) in [7, 11) is 0. The van der Waals surface area contributed by atoms with Crippen molar-refractivity contribution < 1.29 is 24.3 Å². The Balaban J connectivity index is 2.20. The van der Waals surface area contributed by atoms with Crippen molar-refractivity contribution in [2.24, 2.45) is 0 Å². The first-order valence-corrected chi connectivity index (χ1v) is 9.49. The van der Waals surface area contributed by atoms with Gasteiger partial charge in [-0.15, -0.1) is 0 Å². The molecule has 0 aromatic rings. The number of aliphatic hydroxyl groups excluding tert-OH is 1. The summed E-state index contributed by atoms with van der Waals surface area (Å²) in [6, 6.07) is -0.620. The summed E-state index contributed by atoms with van der Waals surface area (Å²) in [4.78, 5) is 46.9. The molecule has 1 unspecified atom stereocenters. The third kappa shape index (κ3) is 8.45. The van der Waals surface area contributed by atoms with E-state index in [1.165, 1.54) is 6.08 Å². The summed E-state index contributed by atoms with van der Waals surface area (Å²) in [5.41, 5.74) is 0.698. The molecule has 0 saturated heterocycles. The molecule has 1 aliphatic heterocycles. The number of aliphatic hydroxyl groups is 1. The second kappa shape index (κ2) is 12.8. The molecule has 28 heavy (non-hydrogen) atoms. The third-order valence-corrected chi connectivity index (χ3v) is 4.31. The van der Waals surface area contributed by atoms with E-state index in [0.717, 1.165) is 19.3 Å². The minimum absolute atomic E-state index is 0.0525. The van der Waals surface area contributed by atoms with Crippen LogP contribution in [0, 0.1) is 0 Å². The number of unbranched alkanes of at least 4 members (excludes halogenated alkanes) is 2. The van der Waals surface area contributed by atoms with E-state index in [-0.39, 0.29) is 24.9 Å². The van der Waals surface area contributed by atoms with Crippen molar-refractivity contribution in [3.63, 3.8) is 0 Å². The predicted molar refractivity (Wildman–Crippen MR) is 104 cm³/mol. The number of nitrogens with one attached hydrogen (secondary N) is 3. The second-order valence-electron chi connectivity index (χ2n) is 6.50. The summed E-state index contributed by atoms with van der Waals surface area (Å²) < 4.78 is 0. The van der Waals surface area contributed by atoms with Gasteiger partial charge in [-0.3, -0.25) is 19.7 Å². The van der Waals surface area contributed by atoms with E-state index in [2.05, 4.69) is 22.5 Å². The molecule has 0 fully saturated rings. The van der Waals surface area contributed by atoms with Crippen LogP contribution in [0.15, 0.2) is 24.4 Å². The van der Waals surface area contributed by atoms with Gasteiger partial charge in [0.2, 0.25) is 11.8 Å². The van der Waals surface area contributed by atoms with E-state index in [1.807, 2.05) is 0 Å². The van der Waals surface area contributed by atoms with Crippen molar-refractivity contribution in [2.75, 3.05) is 19.6 Å². The quantitative estimate of drug-likeness (QED) is 0.180. The van der Waals surface area contributed by atoms with E-state index in [1.54, 1.807) is 17.9 Å². The number of rotatable bonds is 14. The van der Waals surface area contributed by atoms with Crippen molar-refractivity contribution >= 4 is 24.0 Å². The van der Waals surface area contributed by atoms with Gasteiger partial charge in [-0.25, -0.2) is 0 Å². The average molecular weight is 394 g/mol. The Kier molecular flexibility index (Phi) is 10.7. The normalized spacial score (nSPS) is 15.4. The molecule has 0 aromatic heterocycles. The van der Waals surface area contributed by atoms with Crippen molar-refractivity contribution in [2.45, 2.75) is 51.3 Å². The van der Waals surface area contributed by atoms with Crippen LogP contribution in [0.3, 0.4) is 0 Å². The molecular formula is C19H30N4O5. The van der Waals surface area contributed by atoms with Crippen molar-refractivity contribution in [3.8, 4) is 0 Å². The number of nitrogens with zero attached hydrogens (tertiary/aromatic N) is 1. The molecule has 0 aliphatic carbocycles. The number of amides is 3. The highest BCUT2D eigenvalue weighted by Crippen LogP contribution is 2.14. The first-order chi connectivity index (χ1) is 13.4. The molecule has 9 heteroatoms. The Morgan fingerprint density at radius 1 is 1.25 bits per heavy atom. The van der Waals surface area contributed by atoms with Crippen LogP contribution in [-0.2, 0) is 19.2 Å². The Bertz CT molecular complexity index is 587. The fourth-order valence-electron chi connectivity index (χ4n) is 2.73. The van der Waals surface area contributed by atoms with Gasteiger partial charge in [0.15, 0.2) is 0 Å². The molecule has 4 N–H and O–H groups in total. The lowest BCUT2D eigenvalue weighted by Crippen LogP contribution is -2.50. The molecule has 9 nitrogen and oxygen atoms in total. The second-order valence-corrected chi connectivity index (χ2v) is 6.50. The van der Waals surface area contributed by atoms with Gasteiger partial charge >= 0.3 is 0 Å². The van der Waals surface area contributed by atoms with Gasteiger partial charge in [-0.1, -0.05) is 19.9 Å². The van der Waals surface area contributed by atoms with E-state index >= 15 is 0 Å². The van der Waals surface area contributed by atoms with Gasteiger partial charge in [0.1, 0.15) is 12.5 Å². The minimum Gasteiger partial charge on any atom is -0.379 e. The van der Waals surface area contributed by atoms with Gasteiger partial charge in [0, 0.05) is 18.3 Å². The first-order valence-electron chi connectivity index (χ1n) is 9.49. The summed E-state index contributed by atoms with van der Waals surface area (Å²) >= 11 is 0.